The van der Waals surface area contributed by atoms with Crippen LogP contribution in [0.25, 0.3) is 16.9 Å². The molecule has 0 atom stereocenters. The number of aromatic nitrogens is 2. The molecule has 1 aromatic carbocycles. The molecule has 1 N–H and O–H groups in total. The zero-order chi connectivity index (χ0) is 17.2. The topological polar surface area (TPSA) is 41.8 Å². The number of imidazole rings is 1. The molecular weight excluding hydrogens is 380 g/mol. The van der Waals surface area contributed by atoms with E-state index < -0.39 is 0 Å². The quantitative estimate of drug-likeness (QED) is 0.729. The Hall–Kier alpha value is -1.89. The monoisotopic (exact) mass is 400 g/mol. The van der Waals surface area contributed by atoms with Crippen molar-refractivity contribution in [1.29, 1.82) is 0 Å². The summed E-state index contributed by atoms with van der Waals surface area (Å²) in [6.45, 7) is 5.09. The fourth-order valence-corrected chi connectivity index (χ4v) is 3.62. The average molecular weight is 401 g/mol. The molecule has 0 amide bonds. The largest absolute Gasteiger partial charge is 0.497 e. The molecule has 1 saturated heterocycles. The Kier molecular flexibility index (Phi) is 4.74. The Labute approximate surface area is 155 Å². The number of halogens is 1. The molecule has 25 heavy (non-hydrogen) atoms. The van der Waals surface area contributed by atoms with Crippen LogP contribution in [0.5, 0.6) is 5.75 Å². The van der Waals surface area contributed by atoms with Crippen LogP contribution in [0.3, 0.4) is 0 Å². The van der Waals surface area contributed by atoms with Crippen LogP contribution >= 0.6 is 15.9 Å². The third-order valence-corrected chi connectivity index (χ3v) is 5.10. The summed E-state index contributed by atoms with van der Waals surface area (Å²) in [4.78, 5) is 7.38. The van der Waals surface area contributed by atoms with E-state index in [9.17, 15) is 0 Å². The van der Waals surface area contributed by atoms with Crippen molar-refractivity contribution in [2.24, 2.45) is 0 Å². The Morgan fingerprint density at radius 3 is 2.60 bits per heavy atom. The molecule has 0 spiro atoms. The molecule has 1 fully saturated rings. The highest BCUT2D eigenvalue weighted by atomic mass is 79.9. The van der Waals surface area contributed by atoms with Gasteiger partial charge in [-0.05, 0) is 52.3 Å². The number of pyridine rings is 1. The summed E-state index contributed by atoms with van der Waals surface area (Å²) in [5, 5.41) is 3.41. The zero-order valence-corrected chi connectivity index (χ0v) is 15.8. The second-order valence-electron chi connectivity index (χ2n) is 6.24. The van der Waals surface area contributed by atoms with E-state index in [1.54, 1.807) is 7.11 Å². The normalized spacial score (nSPS) is 15.6. The molecule has 0 aliphatic carbocycles. The number of nitrogens with one attached hydrogen (secondary N) is 1. The van der Waals surface area contributed by atoms with Crippen LogP contribution in [0.2, 0.25) is 0 Å². The van der Waals surface area contributed by atoms with Crippen LogP contribution in [-0.4, -0.2) is 47.6 Å². The predicted molar refractivity (Wildman–Crippen MR) is 103 cm³/mol. The first-order chi connectivity index (χ1) is 12.2. The maximum atomic E-state index is 5.28. The molecule has 5 nitrogen and oxygen atoms in total. The van der Waals surface area contributed by atoms with E-state index in [4.69, 9.17) is 9.72 Å². The molecule has 1 aliphatic rings. The maximum Gasteiger partial charge on any atom is 0.137 e. The number of nitrogens with zero attached hydrogens (tertiary/aromatic N) is 3. The Bertz CT molecular complexity index is 869. The van der Waals surface area contributed by atoms with Crippen LogP contribution in [0.1, 0.15) is 5.69 Å². The van der Waals surface area contributed by atoms with Crippen LogP contribution in [-0.2, 0) is 6.54 Å². The third-order valence-electron chi connectivity index (χ3n) is 4.63. The van der Waals surface area contributed by atoms with Gasteiger partial charge in [-0.2, -0.15) is 0 Å². The van der Waals surface area contributed by atoms with Gasteiger partial charge in [-0.1, -0.05) is 0 Å². The standard InChI is InChI=1S/C19H21BrN4O/c1-25-16-5-2-14(3-6-16)19-17(13-23-10-8-21-9-11-23)24-12-15(20)4-7-18(24)22-19/h2-7,12,21H,8-11,13H2,1H3. The van der Waals surface area contributed by atoms with Gasteiger partial charge in [0, 0.05) is 49.0 Å². The highest BCUT2D eigenvalue weighted by molar-refractivity contribution is 9.10. The van der Waals surface area contributed by atoms with Gasteiger partial charge in [0.1, 0.15) is 11.4 Å². The van der Waals surface area contributed by atoms with Crippen molar-refractivity contribution in [3.05, 3.63) is 52.8 Å². The van der Waals surface area contributed by atoms with Gasteiger partial charge in [-0.15, -0.1) is 0 Å². The van der Waals surface area contributed by atoms with Crippen LogP contribution in [0.4, 0.5) is 0 Å². The second-order valence-corrected chi connectivity index (χ2v) is 7.15. The fourth-order valence-electron chi connectivity index (χ4n) is 3.28. The molecule has 0 bridgehead atoms. The van der Waals surface area contributed by atoms with Crippen molar-refractivity contribution in [3.63, 3.8) is 0 Å². The minimum atomic E-state index is 0.860. The van der Waals surface area contributed by atoms with Gasteiger partial charge in [0.05, 0.1) is 18.5 Å². The van der Waals surface area contributed by atoms with Crippen molar-refractivity contribution in [2.45, 2.75) is 6.54 Å². The van der Waals surface area contributed by atoms with E-state index in [0.29, 0.717) is 0 Å². The molecule has 130 valence electrons. The van der Waals surface area contributed by atoms with Gasteiger partial charge in [-0.25, -0.2) is 4.98 Å². The minimum absolute atomic E-state index is 0.860. The Balaban J connectivity index is 1.79. The lowest BCUT2D eigenvalue weighted by Crippen LogP contribution is -2.43. The molecule has 3 heterocycles. The number of rotatable bonds is 4. The van der Waals surface area contributed by atoms with E-state index in [2.05, 4.69) is 54.9 Å². The molecule has 2 aromatic heterocycles. The molecular formula is C19H21BrN4O. The van der Waals surface area contributed by atoms with E-state index in [0.717, 1.165) is 59.9 Å². The lowest BCUT2D eigenvalue weighted by atomic mass is 10.1. The van der Waals surface area contributed by atoms with Gasteiger partial charge < -0.3 is 14.5 Å². The summed E-state index contributed by atoms with van der Waals surface area (Å²) in [5.74, 6) is 0.860. The SMILES string of the molecule is COc1ccc(-c2nc3ccc(Br)cn3c2CN2CCNCC2)cc1. The molecule has 1 aliphatic heterocycles. The number of ether oxygens (including phenoxy) is 1. The highest BCUT2D eigenvalue weighted by Crippen LogP contribution is 2.28. The van der Waals surface area contributed by atoms with E-state index >= 15 is 0 Å². The third kappa shape index (κ3) is 3.42. The first-order valence-corrected chi connectivity index (χ1v) is 9.28. The number of piperazine rings is 1. The number of hydrogen-bond acceptors (Lipinski definition) is 4. The molecule has 6 heteroatoms. The minimum Gasteiger partial charge on any atom is -0.497 e. The zero-order valence-electron chi connectivity index (χ0n) is 14.2. The molecule has 4 rings (SSSR count). The summed E-state index contributed by atoms with van der Waals surface area (Å²) in [5.41, 5.74) is 4.35. The van der Waals surface area contributed by atoms with E-state index in [1.165, 1.54) is 5.69 Å². The second kappa shape index (κ2) is 7.15. The van der Waals surface area contributed by atoms with Gasteiger partial charge in [0.25, 0.3) is 0 Å². The van der Waals surface area contributed by atoms with Crippen LogP contribution in [0.15, 0.2) is 47.1 Å². The van der Waals surface area contributed by atoms with Gasteiger partial charge in [0.15, 0.2) is 0 Å². The number of fused-ring (bicyclic) bond motifs is 1. The van der Waals surface area contributed by atoms with Crippen molar-refractivity contribution < 1.29 is 4.74 Å². The summed E-state index contributed by atoms with van der Waals surface area (Å²) in [6.07, 6.45) is 2.10. The number of methoxy groups -OCH3 is 1. The highest BCUT2D eigenvalue weighted by Gasteiger charge is 2.18. The van der Waals surface area contributed by atoms with Crippen LogP contribution < -0.4 is 10.1 Å². The summed E-state index contributed by atoms with van der Waals surface area (Å²) in [7, 11) is 1.69. The van der Waals surface area contributed by atoms with Crippen molar-refractivity contribution in [2.75, 3.05) is 33.3 Å². The summed E-state index contributed by atoms with van der Waals surface area (Å²) < 4.78 is 8.54. The first-order valence-electron chi connectivity index (χ1n) is 8.48. The van der Waals surface area contributed by atoms with Gasteiger partial charge >= 0.3 is 0 Å². The Morgan fingerprint density at radius 2 is 1.88 bits per heavy atom. The van der Waals surface area contributed by atoms with Crippen molar-refractivity contribution in [3.8, 4) is 17.0 Å². The number of hydrogen-bond donors (Lipinski definition) is 1. The lowest BCUT2D eigenvalue weighted by Gasteiger charge is -2.27. The van der Waals surface area contributed by atoms with Gasteiger partial charge in [0.2, 0.25) is 0 Å². The molecule has 3 aromatic rings. The smallest absolute Gasteiger partial charge is 0.137 e. The number of benzene rings is 1. The van der Waals surface area contributed by atoms with E-state index in [-0.39, 0.29) is 0 Å². The summed E-state index contributed by atoms with van der Waals surface area (Å²) in [6, 6.07) is 12.2. The molecule has 0 unspecified atom stereocenters. The summed E-state index contributed by atoms with van der Waals surface area (Å²) >= 11 is 3.59. The first kappa shape index (κ1) is 16.6. The lowest BCUT2D eigenvalue weighted by molar-refractivity contribution is 0.230. The molecule has 0 radical (unpaired) electrons. The average Bonchev–Trinajstić information content (AvgIpc) is 3.00. The van der Waals surface area contributed by atoms with E-state index in [1.807, 2.05) is 18.2 Å². The van der Waals surface area contributed by atoms with Crippen molar-refractivity contribution >= 4 is 21.6 Å². The van der Waals surface area contributed by atoms with Gasteiger partial charge in [-0.3, -0.25) is 4.90 Å². The van der Waals surface area contributed by atoms with Crippen LogP contribution in [0, 0.1) is 0 Å². The Morgan fingerprint density at radius 1 is 1.12 bits per heavy atom. The predicted octanol–water partition coefficient (Wildman–Crippen LogP) is 3.18. The fraction of sp³-hybridized carbons (Fsp3) is 0.316. The maximum absolute atomic E-state index is 5.28. The molecule has 0 saturated carbocycles. The van der Waals surface area contributed by atoms with Crippen molar-refractivity contribution in [1.82, 2.24) is 19.6 Å².